The second-order valence-electron chi connectivity index (χ2n) is 4.25. The highest BCUT2D eigenvalue weighted by molar-refractivity contribution is 7.11. The Morgan fingerprint density at radius 3 is 2.79 bits per heavy atom. The summed E-state index contributed by atoms with van der Waals surface area (Å²) in [6.07, 6.45) is 1.83. The van der Waals surface area contributed by atoms with Gasteiger partial charge in [-0.25, -0.2) is 9.37 Å². The van der Waals surface area contributed by atoms with E-state index in [0.29, 0.717) is 11.4 Å². The average molecular weight is 281 g/mol. The van der Waals surface area contributed by atoms with Gasteiger partial charge in [-0.15, -0.1) is 11.3 Å². The molecule has 0 radical (unpaired) electrons. The van der Waals surface area contributed by atoms with Gasteiger partial charge < -0.3 is 15.8 Å². The lowest BCUT2D eigenvalue weighted by molar-refractivity contribution is 0.387. The van der Waals surface area contributed by atoms with Crippen LogP contribution in [0.1, 0.15) is 22.9 Å². The third kappa shape index (κ3) is 2.96. The van der Waals surface area contributed by atoms with Crippen molar-refractivity contribution in [2.45, 2.75) is 19.9 Å². The number of nitrogen functional groups attached to an aromatic ring is 1. The van der Waals surface area contributed by atoms with Gasteiger partial charge in [-0.1, -0.05) is 0 Å². The van der Waals surface area contributed by atoms with Crippen molar-refractivity contribution in [1.82, 2.24) is 4.98 Å². The van der Waals surface area contributed by atoms with Gasteiger partial charge in [0.15, 0.2) is 11.6 Å². The third-order valence-electron chi connectivity index (χ3n) is 2.71. The number of methoxy groups -OCH3 is 1. The fourth-order valence-corrected chi connectivity index (χ4v) is 2.49. The van der Waals surface area contributed by atoms with Crippen molar-refractivity contribution < 1.29 is 9.13 Å². The number of halogens is 1. The Bertz CT molecular complexity index is 585. The number of thiazole rings is 1. The summed E-state index contributed by atoms with van der Waals surface area (Å²) >= 11 is 1.61. The maximum atomic E-state index is 13.5. The number of hydrogen-bond donors (Lipinski definition) is 2. The Balaban J connectivity index is 2.23. The number of anilines is 2. The zero-order valence-electron chi connectivity index (χ0n) is 11.0. The van der Waals surface area contributed by atoms with Crippen LogP contribution in [-0.4, -0.2) is 12.1 Å². The fourth-order valence-electron chi connectivity index (χ4n) is 1.72. The molecule has 4 nitrogen and oxygen atoms in total. The van der Waals surface area contributed by atoms with Gasteiger partial charge in [-0.2, -0.15) is 0 Å². The molecule has 0 aliphatic rings. The van der Waals surface area contributed by atoms with Crippen molar-refractivity contribution in [2.75, 3.05) is 18.2 Å². The van der Waals surface area contributed by atoms with Gasteiger partial charge in [0.1, 0.15) is 5.01 Å². The van der Waals surface area contributed by atoms with E-state index >= 15 is 0 Å². The van der Waals surface area contributed by atoms with Crippen molar-refractivity contribution >= 4 is 22.7 Å². The summed E-state index contributed by atoms with van der Waals surface area (Å²) in [7, 11) is 1.42. The van der Waals surface area contributed by atoms with Crippen LogP contribution in [0.15, 0.2) is 18.3 Å². The van der Waals surface area contributed by atoms with Gasteiger partial charge >= 0.3 is 0 Å². The van der Waals surface area contributed by atoms with Crippen LogP contribution in [0.25, 0.3) is 0 Å². The van der Waals surface area contributed by atoms with Crippen LogP contribution in [0, 0.1) is 12.7 Å². The lowest BCUT2D eigenvalue weighted by atomic mass is 10.2. The van der Waals surface area contributed by atoms with Gasteiger partial charge in [0.25, 0.3) is 0 Å². The molecule has 0 spiro atoms. The highest BCUT2D eigenvalue weighted by Gasteiger charge is 2.13. The molecule has 1 atom stereocenters. The normalized spacial score (nSPS) is 12.2. The molecular weight excluding hydrogens is 265 g/mol. The summed E-state index contributed by atoms with van der Waals surface area (Å²) in [5.41, 5.74) is 6.78. The first kappa shape index (κ1) is 13.6. The predicted molar refractivity (Wildman–Crippen MR) is 76.3 cm³/mol. The highest BCUT2D eigenvalue weighted by Crippen LogP contribution is 2.31. The molecule has 3 N–H and O–H groups in total. The first-order valence-corrected chi connectivity index (χ1v) is 6.64. The van der Waals surface area contributed by atoms with Crippen LogP contribution in [-0.2, 0) is 0 Å². The van der Waals surface area contributed by atoms with Crippen LogP contribution in [0.3, 0.4) is 0 Å². The molecule has 0 aliphatic carbocycles. The van der Waals surface area contributed by atoms with Gasteiger partial charge in [0.05, 0.1) is 24.5 Å². The van der Waals surface area contributed by atoms with Crippen LogP contribution >= 0.6 is 11.3 Å². The number of nitrogens with zero attached hydrogens (tertiary/aromatic N) is 1. The van der Waals surface area contributed by atoms with E-state index in [-0.39, 0.29) is 11.8 Å². The lowest BCUT2D eigenvalue weighted by Crippen LogP contribution is -2.08. The van der Waals surface area contributed by atoms with E-state index in [2.05, 4.69) is 10.3 Å². The number of nitrogens with one attached hydrogen (secondary N) is 1. The van der Waals surface area contributed by atoms with Crippen molar-refractivity contribution in [3.05, 3.63) is 34.0 Å². The molecule has 0 aliphatic heterocycles. The van der Waals surface area contributed by atoms with Crippen LogP contribution in [0.2, 0.25) is 0 Å². The quantitative estimate of drug-likeness (QED) is 0.844. The molecule has 1 aromatic heterocycles. The van der Waals surface area contributed by atoms with E-state index in [0.717, 1.165) is 9.88 Å². The van der Waals surface area contributed by atoms with Crippen LogP contribution < -0.4 is 15.8 Å². The lowest BCUT2D eigenvalue weighted by Gasteiger charge is -2.16. The summed E-state index contributed by atoms with van der Waals surface area (Å²) in [5, 5.41) is 4.18. The zero-order chi connectivity index (χ0) is 14.0. The Morgan fingerprint density at radius 2 is 2.21 bits per heavy atom. The highest BCUT2D eigenvalue weighted by atomic mass is 32.1. The SMILES string of the molecule is COc1cc(NC(C)c2ncc(C)s2)c(N)cc1F. The number of rotatable bonds is 4. The standard InChI is InChI=1S/C13H16FN3OS/c1-7-6-16-13(19-7)8(2)17-11-5-12(18-3)9(14)4-10(11)15/h4-6,8,17H,15H2,1-3H3. The van der Waals surface area contributed by atoms with E-state index in [1.54, 1.807) is 17.4 Å². The molecule has 102 valence electrons. The molecule has 0 saturated carbocycles. The zero-order valence-corrected chi connectivity index (χ0v) is 11.8. The van der Waals surface area contributed by atoms with Crippen molar-refractivity contribution in [3.63, 3.8) is 0 Å². The first-order valence-electron chi connectivity index (χ1n) is 5.83. The van der Waals surface area contributed by atoms with Crippen molar-refractivity contribution in [2.24, 2.45) is 0 Å². The minimum Gasteiger partial charge on any atom is -0.494 e. The Hall–Kier alpha value is -1.82. The fraction of sp³-hybridized carbons (Fsp3) is 0.308. The van der Waals surface area contributed by atoms with Crippen LogP contribution in [0.4, 0.5) is 15.8 Å². The number of hydrogen-bond acceptors (Lipinski definition) is 5. The summed E-state index contributed by atoms with van der Waals surface area (Å²) in [6, 6.07) is 2.80. The summed E-state index contributed by atoms with van der Waals surface area (Å²) < 4.78 is 18.4. The monoisotopic (exact) mass is 281 g/mol. The second kappa shape index (κ2) is 5.44. The van der Waals surface area contributed by atoms with Gasteiger partial charge in [-0.05, 0) is 13.8 Å². The molecule has 2 rings (SSSR count). The van der Waals surface area contributed by atoms with Gasteiger partial charge in [0.2, 0.25) is 0 Å². The minimum atomic E-state index is -0.469. The summed E-state index contributed by atoms with van der Waals surface area (Å²) in [5.74, 6) is -0.303. The minimum absolute atomic E-state index is 0.00355. The Morgan fingerprint density at radius 1 is 1.47 bits per heavy atom. The Kier molecular flexibility index (Phi) is 3.90. The van der Waals surface area contributed by atoms with Crippen molar-refractivity contribution in [1.29, 1.82) is 0 Å². The maximum absolute atomic E-state index is 13.5. The van der Waals surface area contributed by atoms with Crippen molar-refractivity contribution in [3.8, 4) is 5.75 Å². The first-order chi connectivity index (χ1) is 9.01. The predicted octanol–water partition coefficient (Wildman–Crippen LogP) is 3.35. The van der Waals surface area contributed by atoms with E-state index in [4.69, 9.17) is 10.5 Å². The maximum Gasteiger partial charge on any atom is 0.167 e. The van der Waals surface area contributed by atoms with E-state index < -0.39 is 5.82 Å². The number of ether oxygens (including phenoxy) is 1. The van der Waals surface area contributed by atoms with Gasteiger partial charge in [0, 0.05) is 23.2 Å². The molecule has 1 unspecified atom stereocenters. The molecule has 0 bridgehead atoms. The molecule has 19 heavy (non-hydrogen) atoms. The number of nitrogens with two attached hydrogens (primary N) is 1. The Labute approximate surface area is 115 Å². The van der Waals surface area contributed by atoms with E-state index in [1.807, 2.05) is 20.0 Å². The topological polar surface area (TPSA) is 60.2 Å². The number of aryl methyl sites for hydroxylation is 1. The molecule has 0 amide bonds. The molecule has 1 aromatic carbocycles. The average Bonchev–Trinajstić information content (AvgIpc) is 2.79. The van der Waals surface area contributed by atoms with Crippen LogP contribution in [0.5, 0.6) is 5.75 Å². The molecular formula is C13H16FN3OS. The second-order valence-corrected chi connectivity index (χ2v) is 5.52. The number of benzene rings is 1. The molecule has 2 aromatic rings. The third-order valence-corrected chi connectivity index (χ3v) is 3.80. The molecule has 1 heterocycles. The van der Waals surface area contributed by atoms with E-state index in [1.165, 1.54) is 13.2 Å². The number of aromatic nitrogens is 1. The molecule has 0 saturated heterocycles. The van der Waals surface area contributed by atoms with Gasteiger partial charge in [-0.3, -0.25) is 0 Å². The van der Waals surface area contributed by atoms with E-state index in [9.17, 15) is 4.39 Å². The molecule has 0 fully saturated rings. The smallest absolute Gasteiger partial charge is 0.167 e. The summed E-state index contributed by atoms with van der Waals surface area (Å²) in [4.78, 5) is 5.46. The summed E-state index contributed by atoms with van der Waals surface area (Å²) in [6.45, 7) is 3.98. The largest absolute Gasteiger partial charge is 0.494 e. The molecule has 6 heteroatoms.